The van der Waals surface area contributed by atoms with Crippen LogP contribution in [0.4, 0.5) is 17.5 Å². The zero-order valence-corrected chi connectivity index (χ0v) is 21.2. The molecule has 0 aliphatic carbocycles. The molecule has 188 valence electrons. The fraction of sp³-hybridized carbons (Fsp3) is 0.333. The van der Waals surface area contributed by atoms with Gasteiger partial charge in [0.05, 0.1) is 13.2 Å². The number of aromatic nitrogens is 2. The molecular formula is C27H37N5O3. The standard InChI is InChI=1S/C23H23N5O3.2C2H6.H2/c1-24-20-15-19(26-23(27-20)28-10-12-31-13-11-28)22(30)25-18-9-5-8-17(14-18)21(29)16-6-3-2-4-7-16;2*1-2;/h2-9,14-15H,10-13H2,1H3,(H,25,30)(H,24,26,27);2*1-2H3;1H. The van der Waals surface area contributed by atoms with Gasteiger partial charge < -0.3 is 20.3 Å². The molecule has 1 amide bonds. The Labute approximate surface area is 209 Å². The van der Waals surface area contributed by atoms with Crippen LogP contribution >= 0.6 is 0 Å². The summed E-state index contributed by atoms with van der Waals surface area (Å²) in [6.45, 7) is 10.5. The van der Waals surface area contributed by atoms with Crippen molar-refractivity contribution in [3.8, 4) is 0 Å². The Hall–Kier alpha value is -3.78. The first-order chi connectivity index (χ1) is 17.1. The third-order valence-electron chi connectivity index (χ3n) is 4.92. The van der Waals surface area contributed by atoms with Crippen LogP contribution < -0.4 is 15.5 Å². The van der Waals surface area contributed by atoms with Gasteiger partial charge in [0.15, 0.2) is 5.78 Å². The fourth-order valence-corrected chi connectivity index (χ4v) is 3.27. The normalized spacial score (nSPS) is 12.3. The highest BCUT2D eigenvalue weighted by molar-refractivity contribution is 6.10. The SMILES string of the molecule is CC.CC.CNc1cc(C(=O)Nc2cccc(C(=O)c3ccccc3)c2)nc(N2CCOCC2)n1.[HH]. The molecule has 0 radical (unpaired) electrons. The Morgan fingerprint density at radius 1 is 0.886 bits per heavy atom. The number of hydrogen-bond donors (Lipinski definition) is 2. The summed E-state index contributed by atoms with van der Waals surface area (Å²) in [5.74, 6) is 0.548. The van der Waals surface area contributed by atoms with Gasteiger partial charge in [-0.15, -0.1) is 0 Å². The molecule has 1 aliphatic rings. The smallest absolute Gasteiger partial charge is 0.274 e. The lowest BCUT2D eigenvalue weighted by Crippen LogP contribution is -2.37. The van der Waals surface area contributed by atoms with Gasteiger partial charge >= 0.3 is 0 Å². The summed E-state index contributed by atoms with van der Waals surface area (Å²) >= 11 is 0. The fourth-order valence-electron chi connectivity index (χ4n) is 3.27. The van der Waals surface area contributed by atoms with E-state index in [9.17, 15) is 9.59 Å². The molecule has 2 heterocycles. The first-order valence-corrected chi connectivity index (χ1v) is 12.0. The van der Waals surface area contributed by atoms with E-state index in [0.717, 1.165) is 0 Å². The maximum atomic E-state index is 12.9. The molecular weight excluding hydrogens is 442 g/mol. The number of anilines is 3. The van der Waals surface area contributed by atoms with Crippen LogP contribution in [0.3, 0.4) is 0 Å². The average Bonchev–Trinajstić information content (AvgIpc) is 2.95. The number of carbonyl (C=O) groups is 2. The summed E-state index contributed by atoms with van der Waals surface area (Å²) < 4.78 is 5.38. The maximum absolute atomic E-state index is 12.9. The summed E-state index contributed by atoms with van der Waals surface area (Å²) in [5.41, 5.74) is 1.84. The molecule has 0 saturated carbocycles. The van der Waals surface area contributed by atoms with Crippen molar-refractivity contribution >= 4 is 29.1 Å². The molecule has 2 aromatic carbocycles. The van der Waals surface area contributed by atoms with Crippen LogP contribution in [0.25, 0.3) is 0 Å². The molecule has 3 aromatic rings. The molecule has 1 fully saturated rings. The largest absolute Gasteiger partial charge is 0.378 e. The number of nitrogens with zero attached hydrogens (tertiary/aromatic N) is 3. The molecule has 1 saturated heterocycles. The molecule has 1 aromatic heterocycles. The summed E-state index contributed by atoms with van der Waals surface area (Å²) in [6.07, 6.45) is 0. The van der Waals surface area contributed by atoms with Gasteiger partial charge in [0.2, 0.25) is 5.95 Å². The number of ether oxygens (including phenoxy) is 1. The Kier molecular flexibility index (Phi) is 11.4. The van der Waals surface area contributed by atoms with Crippen LogP contribution in [-0.2, 0) is 4.74 Å². The van der Waals surface area contributed by atoms with E-state index in [-0.39, 0.29) is 18.8 Å². The van der Waals surface area contributed by atoms with Crippen molar-refractivity contribution in [2.24, 2.45) is 0 Å². The lowest BCUT2D eigenvalue weighted by Gasteiger charge is -2.27. The third kappa shape index (κ3) is 7.61. The van der Waals surface area contributed by atoms with E-state index in [1.165, 1.54) is 0 Å². The van der Waals surface area contributed by atoms with E-state index < -0.39 is 0 Å². The van der Waals surface area contributed by atoms with Crippen LogP contribution in [0.2, 0.25) is 0 Å². The van der Waals surface area contributed by atoms with Gasteiger partial charge in [0.1, 0.15) is 11.5 Å². The van der Waals surface area contributed by atoms with Crippen LogP contribution in [0.1, 0.15) is 55.5 Å². The highest BCUT2D eigenvalue weighted by Crippen LogP contribution is 2.18. The molecule has 8 nitrogen and oxygen atoms in total. The Balaban J connectivity index is 0.00000123. The van der Waals surface area contributed by atoms with Crippen molar-refractivity contribution < 1.29 is 15.8 Å². The topological polar surface area (TPSA) is 96.5 Å². The molecule has 0 atom stereocenters. The molecule has 2 N–H and O–H groups in total. The molecule has 1 aliphatic heterocycles. The van der Waals surface area contributed by atoms with Gasteiger partial charge in [-0.3, -0.25) is 9.59 Å². The summed E-state index contributed by atoms with van der Waals surface area (Å²) in [5, 5.41) is 5.81. The lowest BCUT2D eigenvalue weighted by molar-refractivity contribution is 0.101. The van der Waals surface area contributed by atoms with Crippen molar-refractivity contribution in [1.82, 2.24) is 9.97 Å². The zero-order valence-electron chi connectivity index (χ0n) is 21.2. The Morgan fingerprint density at radius 3 is 2.20 bits per heavy atom. The monoisotopic (exact) mass is 479 g/mol. The highest BCUT2D eigenvalue weighted by atomic mass is 16.5. The van der Waals surface area contributed by atoms with Crippen molar-refractivity contribution in [2.75, 3.05) is 48.9 Å². The maximum Gasteiger partial charge on any atom is 0.274 e. The van der Waals surface area contributed by atoms with Gasteiger partial charge in [0.25, 0.3) is 5.91 Å². The van der Waals surface area contributed by atoms with Crippen molar-refractivity contribution in [1.29, 1.82) is 0 Å². The van der Waals surface area contributed by atoms with E-state index in [2.05, 4.69) is 20.6 Å². The van der Waals surface area contributed by atoms with Crippen molar-refractivity contribution in [3.05, 3.63) is 77.5 Å². The lowest BCUT2D eigenvalue weighted by atomic mass is 10.0. The average molecular weight is 480 g/mol. The minimum Gasteiger partial charge on any atom is -0.378 e. The van der Waals surface area contributed by atoms with Gasteiger partial charge in [0, 0.05) is 44.4 Å². The quantitative estimate of drug-likeness (QED) is 0.473. The third-order valence-corrected chi connectivity index (χ3v) is 4.92. The first-order valence-electron chi connectivity index (χ1n) is 12.0. The number of nitrogens with one attached hydrogen (secondary N) is 2. The van der Waals surface area contributed by atoms with Crippen LogP contribution in [0.5, 0.6) is 0 Å². The second kappa shape index (κ2) is 14.5. The predicted molar refractivity (Wildman–Crippen MR) is 144 cm³/mol. The molecule has 8 heteroatoms. The van der Waals surface area contributed by atoms with Gasteiger partial charge in [-0.25, -0.2) is 4.98 Å². The number of rotatable bonds is 6. The Morgan fingerprint density at radius 2 is 1.54 bits per heavy atom. The number of ketones is 1. The molecule has 0 bridgehead atoms. The van der Waals surface area contributed by atoms with Crippen molar-refractivity contribution in [2.45, 2.75) is 27.7 Å². The molecule has 4 rings (SSSR count). The molecule has 0 unspecified atom stereocenters. The number of morpholine rings is 1. The van der Waals surface area contributed by atoms with E-state index in [1.54, 1.807) is 49.5 Å². The van der Waals surface area contributed by atoms with E-state index in [1.807, 2.05) is 50.8 Å². The summed E-state index contributed by atoms with van der Waals surface area (Å²) in [6, 6.07) is 17.5. The van der Waals surface area contributed by atoms with Crippen LogP contribution in [0, 0.1) is 0 Å². The zero-order chi connectivity index (χ0) is 25.6. The number of amides is 1. The minimum atomic E-state index is -0.377. The molecule has 0 spiro atoms. The van der Waals surface area contributed by atoms with Crippen molar-refractivity contribution in [3.63, 3.8) is 0 Å². The van der Waals surface area contributed by atoms with E-state index >= 15 is 0 Å². The summed E-state index contributed by atoms with van der Waals surface area (Å²) in [4.78, 5) is 36.5. The number of hydrogen-bond acceptors (Lipinski definition) is 7. The second-order valence-electron chi connectivity index (χ2n) is 7.02. The summed E-state index contributed by atoms with van der Waals surface area (Å²) in [7, 11) is 1.74. The van der Waals surface area contributed by atoms with Crippen LogP contribution in [0.15, 0.2) is 60.7 Å². The second-order valence-corrected chi connectivity index (χ2v) is 7.02. The van der Waals surface area contributed by atoms with Crippen LogP contribution in [-0.4, -0.2) is 55.0 Å². The first kappa shape index (κ1) is 27.5. The van der Waals surface area contributed by atoms with E-state index in [0.29, 0.717) is 54.9 Å². The van der Waals surface area contributed by atoms with Gasteiger partial charge in [-0.1, -0.05) is 70.2 Å². The Bertz CT molecular complexity index is 1090. The number of carbonyl (C=O) groups excluding carboxylic acids is 2. The van der Waals surface area contributed by atoms with Gasteiger partial charge in [-0.05, 0) is 12.1 Å². The highest BCUT2D eigenvalue weighted by Gasteiger charge is 2.18. The molecule has 35 heavy (non-hydrogen) atoms. The predicted octanol–water partition coefficient (Wildman–Crippen LogP) is 5.14. The number of benzene rings is 2. The van der Waals surface area contributed by atoms with E-state index in [4.69, 9.17) is 4.74 Å². The van der Waals surface area contributed by atoms with Gasteiger partial charge in [-0.2, -0.15) is 4.98 Å². The minimum absolute atomic E-state index is 0.